The van der Waals surface area contributed by atoms with Crippen LogP contribution in [-0.2, 0) is 6.42 Å². The van der Waals surface area contributed by atoms with Crippen molar-refractivity contribution in [3.63, 3.8) is 0 Å². The lowest BCUT2D eigenvalue weighted by Gasteiger charge is -2.07. The summed E-state index contributed by atoms with van der Waals surface area (Å²) in [6, 6.07) is 9.28. The molecule has 0 amide bonds. The van der Waals surface area contributed by atoms with E-state index in [-0.39, 0.29) is 0 Å². The largest absolute Gasteiger partial charge is 0.508 e. The molecule has 1 aromatic carbocycles. The van der Waals surface area contributed by atoms with Gasteiger partial charge in [-0.3, -0.25) is 0 Å². The molecule has 4 heteroatoms. The molecule has 1 heterocycles. The molecule has 0 spiro atoms. The molecule has 2 aromatic rings. The first-order valence-corrected chi connectivity index (χ1v) is 6.58. The Morgan fingerprint density at radius 3 is 2.67 bits per heavy atom. The summed E-state index contributed by atoms with van der Waals surface area (Å²) < 4.78 is 1.02. The van der Waals surface area contributed by atoms with Gasteiger partial charge in [0.1, 0.15) is 11.6 Å². The van der Waals surface area contributed by atoms with Gasteiger partial charge in [-0.1, -0.05) is 12.1 Å². The van der Waals surface area contributed by atoms with E-state index in [4.69, 9.17) is 0 Å². The molecule has 0 aliphatic carbocycles. The lowest BCUT2D eigenvalue weighted by atomic mass is 10.1. The number of anilines is 1. The number of hydrogen-bond donors (Lipinski definition) is 2. The summed E-state index contributed by atoms with van der Waals surface area (Å²) in [5.41, 5.74) is 2.35. The number of rotatable bonds is 4. The average Bonchev–Trinajstić information content (AvgIpc) is 2.36. The van der Waals surface area contributed by atoms with Crippen LogP contribution >= 0.6 is 15.9 Å². The highest BCUT2D eigenvalue weighted by atomic mass is 79.9. The predicted molar refractivity (Wildman–Crippen MR) is 77.0 cm³/mol. The minimum atomic E-state index is 0.303. The van der Waals surface area contributed by atoms with Crippen LogP contribution in [0.5, 0.6) is 5.75 Å². The number of pyridine rings is 1. The van der Waals surface area contributed by atoms with Crippen molar-refractivity contribution in [3.05, 3.63) is 52.1 Å². The number of aromatic hydroxyl groups is 1. The summed E-state index contributed by atoms with van der Waals surface area (Å²) in [6.07, 6.45) is 2.70. The fraction of sp³-hybridized carbons (Fsp3) is 0.214. The van der Waals surface area contributed by atoms with Gasteiger partial charge >= 0.3 is 0 Å². The highest BCUT2D eigenvalue weighted by Gasteiger charge is 1.99. The molecule has 1 aromatic heterocycles. The number of phenols is 1. The lowest BCUT2D eigenvalue weighted by molar-refractivity contribution is 0.475. The van der Waals surface area contributed by atoms with Crippen molar-refractivity contribution in [3.8, 4) is 5.75 Å². The predicted octanol–water partition coefficient (Wildman–Crippen LogP) is 3.51. The summed E-state index contributed by atoms with van der Waals surface area (Å²) in [6.45, 7) is 2.86. The molecule has 0 saturated heterocycles. The Morgan fingerprint density at radius 2 is 2.00 bits per heavy atom. The number of nitrogens with zero attached hydrogens (tertiary/aromatic N) is 1. The molecule has 2 rings (SSSR count). The summed E-state index contributed by atoms with van der Waals surface area (Å²) >= 11 is 3.43. The van der Waals surface area contributed by atoms with E-state index in [2.05, 4.69) is 26.2 Å². The van der Waals surface area contributed by atoms with E-state index in [0.717, 1.165) is 28.8 Å². The highest BCUT2D eigenvalue weighted by molar-refractivity contribution is 9.10. The molecular weight excluding hydrogens is 292 g/mol. The van der Waals surface area contributed by atoms with Crippen molar-refractivity contribution in [2.75, 3.05) is 11.9 Å². The van der Waals surface area contributed by atoms with E-state index >= 15 is 0 Å². The van der Waals surface area contributed by atoms with E-state index < -0.39 is 0 Å². The van der Waals surface area contributed by atoms with Crippen molar-refractivity contribution in [2.24, 2.45) is 0 Å². The number of aryl methyl sites for hydroxylation is 1. The third-order valence-corrected chi connectivity index (χ3v) is 3.53. The van der Waals surface area contributed by atoms with Gasteiger partial charge < -0.3 is 10.4 Å². The number of nitrogens with one attached hydrogen (secondary N) is 1. The molecule has 0 saturated carbocycles. The molecule has 0 aliphatic rings. The van der Waals surface area contributed by atoms with Gasteiger partial charge in [0.25, 0.3) is 0 Å². The molecule has 0 unspecified atom stereocenters. The second kappa shape index (κ2) is 5.87. The Bertz CT molecular complexity index is 526. The Morgan fingerprint density at radius 1 is 1.28 bits per heavy atom. The van der Waals surface area contributed by atoms with Crippen LogP contribution in [0.1, 0.15) is 11.1 Å². The Balaban J connectivity index is 1.88. The zero-order valence-electron chi connectivity index (χ0n) is 10.2. The van der Waals surface area contributed by atoms with E-state index in [9.17, 15) is 5.11 Å². The van der Waals surface area contributed by atoms with Crippen molar-refractivity contribution in [2.45, 2.75) is 13.3 Å². The third-order valence-electron chi connectivity index (χ3n) is 2.70. The average molecular weight is 307 g/mol. The normalized spacial score (nSPS) is 10.3. The van der Waals surface area contributed by atoms with Crippen LogP contribution in [0.4, 0.5) is 5.82 Å². The van der Waals surface area contributed by atoms with Crippen LogP contribution in [0.3, 0.4) is 0 Å². The van der Waals surface area contributed by atoms with E-state index in [1.807, 2.05) is 25.1 Å². The molecule has 0 radical (unpaired) electrons. The summed E-state index contributed by atoms with van der Waals surface area (Å²) in [5, 5.41) is 12.5. The molecule has 3 nitrogen and oxygen atoms in total. The smallest absolute Gasteiger partial charge is 0.126 e. The SMILES string of the molecule is Cc1cc(NCCc2ccc(O)cc2)ncc1Br. The number of benzene rings is 1. The van der Waals surface area contributed by atoms with Crippen LogP contribution in [-0.4, -0.2) is 16.6 Å². The monoisotopic (exact) mass is 306 g/mol. The lowest BCUT2D eigenvalue weighted by Crippen LogP contribution is -2.06. The van der Waals surface area contributed by atoms with Gasteiger partial charge in [0.2, 0.25) is 0 Å². The van der Waals surface area contributed by atoms with Crippen molar-refractivity contribution in [1.29, 1.82) is 0 Å². The Labute approximate surface area is 115 Å². The zero-order chi connectivity index (χ0) is 13.0. The number of aromatic nitrogens is 1. The fourth-order valence-electron chi connectivity index (χ4n) is 1.63. The number of halogens is 1. The minimum absolute atomic E-state index is 0.303. The first kappa shape index (κ1) is 12.9. The second-order valence-electron chi connectivity index (χ2n) is 4.16. The number of hydrogen-bond acceptors (Lipinski definition) is 3. The van der Waals surface area contributed by atoms with Gasteiger partial charge in [-0.25, -0.2) is 4.98 Å². The molecule has 0 fully saturated rings. The molecule has 0 bridgehead atoms. The van der Waals surface area contributed by atoms with E-state index in [1.54, 1.807) is 18.3 Å². The second-order valence-corrected chi connectivity index (χ2v) is 5.02. The molecule has 94 valence electrons. The molecule has 0 aliphatic heterocycles. The van der Waals surface area contributed by atoms with Gasteiger partial charge in [-0.15, -0.1) is 0 Å². The maximum atomic E-state index is 9.19. The van der Waals surface area contributed by atoms with Gasteiger partial charge in [0.05, 0.1) is 0 Å². The third kappa shape index (κ3) is 3.47. The van der Waals surface area contributed by atoms with E-state index in [1.165, 1.54) is 5.56 Å². The summed E-state index contributed by atoms with van der Waals surface area (Å²) in [5.74, 6) is 1.19. The zero-order valence-corrected chi connectivity index (χ0v) is 11.7. The minimum Gasteiger partial charge on any atom is -0.508 e. The van der Waals surface area contributed by atoms with Crippen LogP contribution in [0.2, 0.25) is 0 Å². The van der Waals surface area contributed by atoms with Gasteiger partial charge in [-0.2, -0.15) is 0 Å². The highest BCUT2D eigenvalue weighted by Crippen LogP contribution is 2.17. The van der Waals surface area contributed by atoms with Crippen molar-refractivity contribution in [1.82, 2.24) is 4.98 Å². The molecule has 18 heavy (non-hydrogen) atoms. The van der Waals surface area contributed by atoms with E-state index in [0.29, 0.717) is 5.75 Å². The van der Waals surface area contributed by atoms with Crippen LogP contribution in [0.25, 0.3) is 0 Å². The first-order chi connectivity index (χ1) is 8.65. The summed E-state index contributed by atoms with van der Waals surface area (Å²) in [4.78, 5) is 4.29. The van der Waals surface area contributed by atoms with Crippen LogP contribution in [0.15, 0.2) is 41.0 Å². The molecule has 0 atom stereocenters. The standard InChI is InChI=1S/C14H15BrN2O/c1-10-8-14(17-9-13(10)15)16-7-6-11-2-4-12(18)5-3-11/h2-5,8-9,18H,6-7H2,1H3,(H,16,17). The molecule has 2 N–H and O–H groups in total. The van der Waals surface area contributed by atoms with Crippen LogP contribution in [0, 0.1) is 6.92 Å². The Kier molecular flexibility index (Phi) is 4.20. The Hall–Kier alpha value is -1.55. The number of phenolic OH excluding ortho intramolecular Hbond substituents is 1. The fourth-order valence-corrected chi connectivity index (χ4v) is 1.85. The first-order valence-electron chi connectivity index (χ1n) is 5.79. The summed E-state index contributed by atoms with van der Waals surface area (Å²) in [7, 11) is 0. The van der Waals surface area contributed by atoms with Crippen molar-refractivity contribution < 1.29 is 5.11 Å². The maximum absolute atomic E-state index is 9.19. The molecular formula is C14H15BrN2O. The quantitative estimate of drug-likeness (QED) is 0.908. The topological polar surface area (TPSA) is 45.1 Å². The maximum Gasteiger partial charge on any atom is 0.126 e. The van der Waals surface area contributed by atoms with Gasteiger partial charge in [0.15, 0.2) is 0 Å². The van der Waals surface area contributed by atoms with Crippen LogP contribution < -0.4 is 5.32 Å². The van der Waals surface area contributed by atoms with Gasteiger partial charge in [0, 0.05) is 17.2 Å². The van der Waals surface area contributed by atoms with Crippen molar-refractivity contribution >= 4 is 21.7 Å². The van der Waals surface area contributed by atoms with Gasteiger partial charge in [-0.05, 0) is 58.6 Å².